The predicted molar refractivity (Wildman–Crippen MR) is 134 cm³/mol. The van der Waals surface area contributed by atoms with Crippen LogP contribution in [0.1, 0.15) is 34.5 Å². The van der Waals surface area contributed by atoms with Gasteiger partial charge in [-0.3, -0.25) is 14.9 Å². The molecule has 162 valence electrons. The minimum Gasteiger partial charge on any atom is -0.346 e. The van der Waals surface area contributed by atoms with E-state index in [4.69, 9.17) is 23.8 Å². The number of halogens is 1. The fourth-order valence-corrected chi connectivity index (χ4v) is 3.32. The summed E-state index contributed by atoms with van der Waals surface area (Å²) in [6, 6.07) is 23.7. The molecule has 0 radical (unpaired) electrons. The average Bonchev–Trinajstić information content (AvgIpc) is 2.79. The zero-order valence-corrected chi connectivity index (χ0v) is 18.9. The summed E-state index contributed by atoms with van der Waals surface area (Å²) in [5, 5.41) is 9.17. The minimum absolute atomic E-state index is 0.108. The summed E-state index contributed by atoms with van der Waals surface area (Å²) in [5.74, 6) is -0.554. The van der Waals surface area contributed by atoms with Crippen molar-refractivity contribution in [2.75, 3.05) is 5.32 Å². The number of carbonyl (C=O) groups is 2. The molecule has 0 fully saturated rings. The maximum Gasteiger partial charge on any atom is 0.251 e. The van der Waals surface area contributed by atoms with Crippen molar-refractivity contribution in [2.45, 2.75) is 13.0 Å². The highest BCUT2D eigenvalue weighted by molar-refractivity contribution is 7.80. The molecule has 3 aromatic carbocycles. The van der Waals surface area contributed by atoms with Crippen molar-refractivity contribution in [2.24, 2.45) is 0 Å². The number of hydrogen-bond donors (Lipinski definition) is 3. The van der Waals surface area contributed by atoms with Crippen LogP contribution in [-0.4, -0.2) is 16.9 Å². The summed E-state index contributed by atoms with van der Waals surface area (Å²) < 4.78 is 0. The second kappa shape index (κ2) is 11.2. The van der Waals surface area contributed by atoms with Crippen LogP contribution in [0, 0.1) is 0 Å². The van der Waals surface area contributed by atoms with Gasteiger partial charge in [-0.1, -0.05) is 60.1 Å². The van der Waals surface area contributed by atoms with Crippen molar-refractivity contribution < 1.29 is 9.59 Å². The van der Waals surface area contributed by atoms with Crippen LogP contribution in [0.3, 0.4) is 0 Å². The number of anilines is 1. The van der Waals surface area contributed by atoms with Gasteiger partial charge in [0.1, 0.15) is 0 Å². The fourth-order valence-electron chi connectivity index (χ4n) is 2.90. The Morgan fingerprint density at radius 2 is 1.59 bits per heavy atom. The molecule has 1 unspecified atom stereocenters. The highest BCUT2D eigenvalue weighted by Crippen LogP contribution is 2.16. The number of thiocarbonyl (C=S) groups is 1. The molecular formula is C25H22ClN3O2S. The third kappa shape index (κ3) is 6.77. The molecule has 0 aliphatic rings. The van der Waals surface area contributed by atoms with Crippen molar-refractivity contribution in [1.29, 1.82) is 0 Å². The lowest BCUT2D eigenvalue weighted by Gasteiger charge is -2.14. The summed E-state index contributed by atoms with van der Waals surface area (Å²) in [7, 11) is 0. The highest BCUT2D eigenvalue weighted by atomic mass is 35.5. The number of benzene rings is 3. The summed E-state index contributed by atoms with van der Waals surface area (Å²) in [4.78, 5) is 24.6. The van der Waals surface area contributed by atoms with Gasteiger partial charge in [0.25, 0.3) is 5.91 Å². The topological polar surface area (TPSA) is 70.2 Å². The normalized spacial score (nSPS) is 11.6. The lowest BCUT2D eigenvalue weighted by atomic mass is 10.1. The van der Waals surface area contributed by atoms with Gasteiger partial charge < -0.3 is 10.6 Å². The first-order chi connectivity index (χ1) is 15.4. The molecule has 0 spiro atoms. The molecule has 0 bridgehead atoms. The second-order valence-electron chi connectivity index (χ2n) is 6.98. The molecule has 2 amide bonds. The van der Waals surface area contributed by atoms with Gasteiger partial charge in [0.2, 0.25) is 5.91 Å². The van der Waals surface area contributed by atoms with Crippen molar-refractivity contribution in [3.05, 3.63) is 107 Å². The van der Waals surface area contributed by atoms with E-state index in [1.54, 1.807) is 42.5 Å². The van der Waals surface area contributed by atoms with Crippen LogP contribution in [0.25, 0.3) is 6.08 Å². The van der Waals surface area contributed by atoms with E-state index in [9.17, 15) is 9.59 Å². The fraction of sp³-hybridized carbons (Fsp3) is 0.0800. The Morgan fingerprint density at radius 1 is 0.938 bits per heavy atom. The van der Waals surface area contributed by atoms with E-state index in [0.29, 0.717) is 16.3 Å². The number of hydrogen-bond acceptors (Lipinski definition) is 3. The Kier molecular flexibility index (Phi) is 8.14. The number of rotatable bonds is 6. The van der Waals surface area contributed by atoms with Gasteiger partial charge in [0, 0.05) is 22.3 Å². The molecule has 0 aliphatic heterocycles. The predicted octanol–water partition coefficient (Wildman–Crippen LogP) is 5.36. The molecule has 32 heavy (non-hydrogen) atoms. The van der Waals surface area contributed by atoms with Crippen LogP contribution in [0.5, 0.6) is 0 Å². The first-order valence-corrected chi connectivity index (χ1v) is 10.7. The van der Waals surface area contributed by atoms with E-state index in [2.05, 4.69) is 16.0 Å². The Labute approximate surface area is 197 Å². The van der Waals surface area contributed by atoms with Crippen LogP contribution in [-0.2, 0) is 4.79 Å². The van der Waals surface area contributed by atoms with Gasteiger partial charge in [-0.05, 0) is 66.7 Å². The van der Waals surface area contributed by atoms with E-state index < -0.39 is 0 Å². The molecule has 3 rings (SSSR count). The summed E-state index contributed by atoms with van der Waals surface area (Å²) in [6.07, 6.45) is 2.97. The average molecular weight is 464 g/mol. The first kappa shape index (κ1) is 23.2. The molecule has 0 aliphatic carbocycles. The van der Waals surface area contributed by atoms with Gasteiger partial charge in [0.05, 0.1) is 6.04 Å². The Morgan fingerprint density at radius 3 is 2.28 bits per heavy atom. The molecule has 7 heteroatoms. The molecule has 3 aromatic rings. The number of nitrogens with one attached hydrogen (secondary N) is 3. The van der Waals surface area contributed by atoms with Gasteiger partial charge in [-0.15, -0.1) is 0 Å². The SMILES string of the molecule is CC(NC(=O)c1ccc(NC(=S)NC(=O)/C=C/c2ccccc2Cl)cc1)c1ccccc1. The van der Waals surface area contributed by atoms with E-state index >= 15 is 0 Å². The van der Waals surface area contributed by atoms with E-state index in [1.165, 1.54) is 6.08 Å². The van der Waals surface area contributed by atoms with Gasteiger partial charge in [-0.25, -0.2) is 0 Å². The summed E-state index contributed by atoms with van der Waals surface area (Å²) >= 11 is 11.2. The number of amides is 2. The van der Waals surface area contributed by atoms with E-state index in [0.717, 1.165) is 11.1 Å². The van der Waals surface area contributed by atoms with E-state index in [-0.39, 0.29) is 23.0 Å². The van der Waals surface area contributed by atoms with Gasteiger partial charge in [0.15, 0.2) is 5.11 Å². The zero-order chi connectivity index (χ0) is 22.9. The molecule has 0 aromatic heterocycles. The Bertz CT molecular complexity index is 1130. The molecular weight excluding hydrogens is 442 g/mol. The van der Waals surface area contributed by atoms with Crippen LogP contribution in [0.4, 0.5) is 5.69 Å². The standard InChI is InChI=1S/C25H22ClN3O2S/c1-17(18-7-3-2-4-8-18)27-24(31)20-11-14-21(15-12-20)28-25(32)29-23(30)16-13-19-9-5-6-10-22(19)26/h2-17H,1H3,(H,27,31)(H2,28,29,30,32)/b16-13+. The second-order valence-corrected chi connectivity index (χ2v) is 7.80. The van der Waals surface area contributed by atoms with Gasteiger partial charge in [-0.2, -0.15) is 0 Å². The van der Waals surface area contributed by atoms with Crippen LogP contribution >= 0.6 is 23.8 Å². The molecule has 0 heterocycles. The Hall–Kier alpha value is -3.48. The lowest BCUT2D eigenvalue weighted by molar-refractivity contribution is -0.115. The monoisotopic (exact) mass is 463 g/mol. The third-order valence-electron chi connectivity index (χ3n) is 4.61. The molecule has 0 saturated heterocycles. The summed E-state index contributed by atoms with van der Waals surface area (Å²) in [5.41, 5.74) is 2.94. The Balaban J connectivity index is 1.51. The highest BCUT2D eigenvalue weighted by Gasteiger charge is 2.11. The molecule has 3 N–H and O–H groups in total. The quantitative estimate of drug-likeness (QED) is 0.340. The van der Waals surface area contributed by atoms with Crippen molar-refractivity contribution >= 4 is 52.5 Å². The molecule has 0 saturated carbocycles. The first-order valence-electron chi connectivity index (χ1n) is 9.93. The van der Waals surface area contributed by atoms with Crippen LogP contribution in [0.2, 0.25) is 5.02 Å². The third-order valence-corrected chi connectivity index (χ3v) is 5.16. The molecule has 1 atom stereocenters. The molecule has 5 nitrogen and oxygen atoms in total. The lowest BCUT2D eigenvalue weighted by Crippen LogP contribution is -2.32. The summed E-state index contributed by atoms with van der Waals surface area (Å²) in [6.45, 7) is 1.93. The van der Waals surface area contributed by atoms with Crippen LogP contribution < -0.4 is 16.0 Å². The maximum absolute atomic E-state index is 12.5. The van der Waals surface area contributed by atoms with Crippen molar-refractivity contribution in [3.63, 3.8) is 0 Å². The van der Waals surface area contributed by atoms with Crippen molar-refractivity contribution in [3.8, 4) is 0 Å². The maximum atomic E-state index is 12.5. The van der Waals surface area contributed by atoms with E-state index in [1.807, 2.05) is 49.4 Å². The minimum atomic E-state index is -0.381. The van der Waals surface area contributed by atoms with Gasteiger partial charge >= 0.3 is 0 Å². The van der Waals surface area contributed by atoms with Crippen molar-refractivity contribution in [1.82, 2.24) is 10.6 Å². The largest absolute Gasteiger partial charge is 0.346 e. The zero-order valence-electron chi connectivity index (χ0n) is 17.3. The smallest absolute Gasteiger partial charge is 0.251 e. The van der Waals surface area contributed by atoms with Crippen LogP contribution in [0.15, 0.2) is 84.9 Å². The number of carbonyl (C=O) groups excluding carboxylic acids is 2.